The van der Waals surface area contributed by atoms with Gasteiger partial charge in [0, 0.05) is 37.8 Å². The first-order chi connectivity index (χ1) is 10.6. The van der Waals surface area contributed by atoms with Crippen molar-refractivity contribution >= 4 is 11.5 Å². The van der Waals surface area contributed by atoms with Gasteiger partial charge in [-0.25, -0.2) is 0 Å². The van der Waals surface area contributed by atoms with Gasteiger partial charge in [0.1, 0.15) is 6.07 Å². The highest BCUT2D eigenvalue weighted by Crippen LogP contribution is 2.32. The largest absolute Gasteiger partial charge is 0.370 e. The highest BCUT2D eigenvalue weighted by Gasteiger charge is 2.26. The Labute approximate surface area is 129 Å². The van der Waals surface area contributed by atoms with Crippen LogP contribution in [0.2, 0.25) is 0 Å². The zero-order valence-corrected chi connectivity index (χ0v) is 12.8. The molecule has 0 spiro atoms. The molecule has 1 aliphatic heterocycles. The number of ketones is 1. The second-order valence-electron chi connectivity index (χ2n) is 5.78. The van der Waals surface area contributed by atoms with Gasteiger partial charge in [0.15, 0.2) is 5.78 Å². The van der Waals surface area contributed by atoms with E-state index in [2.05, 4.69) is 16.1 Å². The molecule has 0 N–H and O–H groups in total. The second-order valence-corrected chi connectivity index (χ2v) is 5.78. The van der Waals surface area contributed by atoms with Gasteiger partial charge >= 0.3 is 0 Å². The van der Waals surface area contributed by atoms with Crippen LogP contribution in [-0.4, -0.2) is 28.7 Å². The lowest BCUT2D eigenvalue weighted by Crippen LogP contribution is -2.20. The van der Waals surface area contributed by atoms with Gasteiger partial charge < -0.3 is 4.90 Å². The van der Waals surface area contributed by atoms with E-state index in [1.165, 1.54) is 5.56 Å². The molecule has 1 aromatic heterocycles. The molecule has 5 nitrogen and oxygen atoms in total. The van der Waals surface area contributed by atoms with Crippen molar-refractivity contribution in [2.75, 3.05) is 18.0 Å². The summed E-state index contributed by atoms with van der Waals surface area (Å²) in [6.07, 6.45) is 4.98. The minimum Gasteiger partial charge on any atom is -0.370 e. The predicted molar refractivity (Wildman–Crippen MR) is 83.9 cm³/mol. The Morgan fingerprint density at radius 1 is 1.45 bits per heavy atom. The Morgan fingerprint density at radius 2 is 2.27 bits per heavy atom. The third-order valence-electron chi connectivity index (χ3n) is 4.25. The number of carbonyl (C=O) groups is 1. The van der Waals surface area contributed by atoms with Crippen LogP contribution in [0, 0.1) is 11.3 Å². The molecule has 1 aliphatic rings. The van der Waals surface area contributed by atoms with Crippen molar-refractivity contribution in [3.63, 3.8) is 0 Å². The van der Waals surface area contributed by atoms with Crippen LogP contribution in [0.1, 0.15) is 40.7 Å². The molecule has 22 heavy (non-hydrogen) atoms. The molecule has 1 aromatic carbocycles. The summed E-state index contributed by atoms with van der Waals surface area (Å²) < 4.78 is 1.81. The van der Waals surface area contributed by atoms with Crippen molar-refractivity contribution in [2.45, 2.75) is 19.3 Å². The van der Waals surface area contributed by atoms with Crippen LogP contribution in [0.25, 0.3) is 0 Å². The fraction of sp³-hybridized carbons (Fsp3) is 0.353. The van der Waals surface area contributed by atoms with Crippen LogP contribution in [-0.2, 0) is 7.05 Å². The van der Waals surface area contributed by atoms with Crippen LogP contribution >= 0.6 is 0 Å². The minimum atomic E-state index is 0.0220. The molecule has 2 heterocycles. The van der Waals surface area contributed by atoms with E-state index in [4.69, 9.17) is 0 Å². The van der Waals surface area contributed by atoms with Gasteiger partial charge in [-0.2, -0.15) is 10.4 Å². The van der Waals surface area contributed by atoms with E-state index in [-0.39, 0.29) is 5.78 Å². The average molecular weight is 294 g/mol. The molecular formula is C17H18N4O. The molecule has 0 radical (unpaired) electrons. The van der Waals surface area contributed by atoms with Gasteiger partial charge in [-0.1, -0.05) is 0 Å². The summed E-state index contributed by atoms with van der Waals surface area (Å²) >= 11 is 0. The zero-order chi connectivity index (χ0) is 15.7. The molecule has 0 aliphatic carbocycles. The molecule has 0 amide bonds. The maximum Gasteiger partial charge on any atom is 0.159 e. The van der Waals surface area contributed by atoms with Gasteiger partial charge in [-0.15, -0.1) is 0 Å². The molecule has 0 saturated carbocycles. The number of anilines is 1. The number of nitrogens with zero attached hydrogens (tertiary/aromatic N) is 4. The summed E-state index contributed by atoms with van der Waals surface area (Å²) in [5.74, 6) is 0.440. The number of aryl methyl sites for hydroxylation is 1. The van der Waals surface area contributed by atoms with E-state index in [1.54, 1.807) is 19.1 Å². The van der Waals surface area contributed by atoms with Crippen LogP contribution in [0.4, 0.5) is 5.69 Å². The van der Waals surface area contributed by atoms with Crippen LogP contribution < -0.4 is 4.90 Å². The number of carbonyl (C=O) groups excluding carboxylic acids is 1. The summed E-state index contributed by atoms with van der Waals surface area (Å²) in [6.45, 7) is 3.28. The monoisotopic (exact) mass is 294 g/mol. The van der Waals surface area contributed by atoms with Crippen molar-refractivity contribution < 1.29 is 4.79 Å². The fourth-order valence-electron chi connectivity index (χ4n) is 3.01. The van der Waals surface area contributed by atoms with Crippen molar-refractivity contribution in [3.05, 3.63) is 47.3 Å². The molecule has 112 valence electrons. The first-order valence-electron chi connectivity index (χ1n) is 7.37. The quantitative estimate of drug-likeness (QED) is 0.816. The Hall–Kier alpha value is -2.61. The summed E-state index contributed by atoms with van der Waals surface area (Å²) in [5, 5.41) is 13.6. The van der Waals surface area contributed by atoms with E-state index in [0.717, 1.165) is 25.2 Å². The Balaban J connectivity index is 1.87. The molecule has 1 fully saturated rings. The fourth-order valence-corrected chi connectivity index (χ4v) is 3.01. The van der Waals surface area contributed by atoms with Crippen molar-refractivity contribution in [1.82, 2.24) is 9.78 Å². The highest BCUT2D eigenvalue weighted by atomic mass is 16.1. The zero-order valence-electron chi connectivity index (χ0n) is 12.8. The van der Waals surface area contributed by atoms with Crippen LogP contribution in [0.3, 0.4) is 0 Å². The van der Waals surface area contributed by atoms with Gasteiger partial charge in [0.2, 0.25) is 0 Å². The summed E-state index contributed by atoms with van der Waals surface area (Å²) in [5.41, 5.74) is 3.36. The third-order valence-corrected chi connectivity index (χ3v) is 4.25. The Kier molecular flexibility index (Phi) is 3.68. The van der Waals surface area contributed by atoms with Crippen LogP contribution in [0.5, 0.6) is 0 Å². The number of nitriles is 1. The van der Waals surface area contributed by atoms with Gasteiger partial charge in [0.25, 0.3) is 0 Å². The number of aromatic nitrogens is 2. The van der Waals surface area contributed by atoms with Crippen molar-refractivity contribution in [3.8, 4) is 6.07 Å². The number of rotatable bonds is 3. The first kappa shape index (κ1) is 14.3. The van der Waals surface area contributed by atoms with E-state index >= 15 is 0 Å². The third kappa shape index (κ3) is 2.60. The van der Waals surface area contributed by atoms with Crippen LogP contribution in [0.15, 0.2) is 30.6 Å². The first-order valence-corrected chi connectivity index (χ1v) is 7.37. The lowest BCUT2D eigenvalue weighted by molar-refractivity contribution is 0.101. The van der Waals surface area contributed by atoms with Crippen molar-refractivity contribution in [2.24, 2.45) is 7.05 Å². The van der Waals surface area contributed by atoms with E-state index in [9.17, 15) is 10.1 Å². The Bertz CT molecular complexity index is 756. The van der Waals surface area contributed by atoms with Gasteiger partial charge in [-0.3, -0.25) is 9.48 Å². The summed E-state index contributed by atoms with van der Waals surface area (Å²) in [4.78, 5) is 13.8. The lowest BCUT2D eigenvalue weighted by Gasteiger charge is -2.20. The molecule has 1 atom stereocenters. The normalized spacial score (nSPS) is 17.5. The summed E-state index contributed by atoms with van der Waals surface area (Å²) in [7, 11) is 1.92. The molecule has 1 unspecified atom stereocenters. The lowest BCUT2D eigenvalue weighted by atomic mass is 10.0. The SMILES string of the molecule is CC(=O)c1ccc(C#N)c(N2CCC(c3cnn(C)c3)C2)c1. The molecule has 1 saturated heterocycles. The standard InChI is InChI=1S/C17H18N4O/c1-12(22)13-3-4-14(8-18)17(7-13)21-6-5-15(11-21)16-9-19-20(2)10-16/h3-4,7,9-10,15H,5-6,11H2,1-2H3. The average Bonchev–Trinajstić information content (AvgIpc) is 3.15. The maximum absolute atomic E-state index is 11.6. The Morgan fingerprint density at radius 3 is 2.91 bits per heavy atom. The van der Waals surface area contributed by atoms with Gasteiger partial charge in [-0.05, 0) is 37.1 Å². The minimum absolute atomic E-state index is 0.0220. The molecule has 2 aromatic rings. The molecule has 3 rings (SSSR count). The van der Waals surface area contributed by atoms with E-state index in [0.29, 0.717) is 17.0 Å². The van der Waals surface area contributed by atoms with Crippen molar-refractivity contribution in [1.29, 1.82) is 5.26 Å². The summed E-state index contributed by atoms with van der Waals surface area (Å²) in [6, 6.07) is 7.53. The van der Waals surface area contributed by atoms with Gasteiger partial charge in [0.05, 0.1) is 17.4 Å². The number of Topliss-reactive ketones (excluding diaryl/α,β-unsaturated/α-hetero) is 1. The topological polar surface area (TPSA) is 61.9 Å². The number of hydrogen-bond donors (Lipinski definition) is 0. The van der Waals surface area contributed by atoms with E-state index in [1.807, 2.05) is 30.2 Å². The second kappa shape index (κ2) is 5.64. The molecular weight excluding hydrogens is 276 g/mol. The van der Waals surface area contributed by atoms with E-state index < -0.39 is 0 Å². The maximum atomic E-state index is 11.6. The smallest absolute Gasteiger partial charge is 0.159 e. The predicted octanol–water partition coefficient (Wildman–Crippen LogP) is 2.49. The molecule has 5 heteroatoms. The molecule has 0 bridgehead atoms. The number of benzene rings is 1. The highest BCUT2D eigenvalue weighted by molar-refractivity contribution is 5.95. The number of hydrogen-bond acceptors (Lipinski definition) is 4.